The highest BCUT2D eigenvalue weighted by molar-refractivity contribution is 7.15. The Morgan fingerprint density at radius 3 is 2.87 bits per heavy atom. The third kappa shape index (κ3) is 2.76. The number of benzene rings is 1. The first kappa shape index (κ1) is 15.0. The maximum Gasteiger partial charge on any atom is 0.271 e. The van der Waals surface area contributed by atoms with Gasteiger partial charge in [0.1, 0.15) is 17.1 Å². The van der Waals surface area contributed by atoms with Crippen LogP contribution in [0.2, 0.25) is 0 Å². The average Bonchev–Trinajstić information content (AvgIpc) is 3.04. The van der Waals surface area contributed by atoms with Crippen molar-refractivity contribution in [3.8, 4) is 11.5 Å². The first-order chi connectivity index (χ1) is 11.1. The van der Waals surface area contributed by atoms with E-state index in [1.165, 1.54) is 36.2 Å². The number of nitrogens with zero attached hydrogens (tertiary/aromatic N) is 2. The van der Waals surface area contributed by atoms with Gasteiger partial charge in [-0.15, -0.1) is 11.3 Å². The number of carbonyl (C=O) groups is 1. The molecule has 3 aromatic rings. The Balaban J connectivity index is 1.97. The molecule has 3 rings (SSSR count). The Bertz CT molecular complexity index is 932. The maximum absolute atomic E-state index is 12.4. The summed E-state index contributed by atoms with van der Waals surface area (Å²) < 4.78 is 11.7. The molecule has 0 saturated carbocycles. The molecule has 0 spiro atoms. The van der Waals surface area contributed by atoms with E-state index in [1.54, 1.807) is 29.8 Å². The first-order valence-electron chi connectivity index (χ1n) is 6.62. The molecule has 8 heteroatoms. The third-order valence-corrected chi connectivity index (χ3v) is 4.01. The van der Waals surface area contributed by atoms with Crippen LogP contribution in [0.25, 0.3) is 4.96 Å². The molecule has 118 valence electrons. The highest BCUT2D eigenvalue weighted by Gasteiger charge is 2.16. The van der Waals surface area contributed by atoms with Crippen LogP contribution < -0.4 is 20.3 Å². The molecule has 1 N–H and O–H groups in total. The molecule has 23 heavy (non-hydrogen) atoms. The van der Waals surface area contributed by atoms with Crippen LogP contribution in [0.5, 0.6) is 11.5 Å². The molecule has 2 heterocycles. The minimum absolute atomic E-state index is 0.0502. The van der Waals surface area contributed by atoms with Gasteiger partial charge in [0.15, 0.2) is 4.96 Å². The van der Waals surface area contributed by atoms with Gasteiger partial charge in [0.2, 0.25) is 0 Å². The number of hydrogen-bond donors (Lipinski definition) is 1. The Morgan fingerprint density at radius 2 is 2.13 bits per heavy atom. The van der Waals surface area contributed by atoms with E-state index in [9.17, 15) is 9.59 Å². The summed E-state index contributed by atoms with van der Waals surface area (Å²) in [7, 11) is 3.01. The monoisotopic (exact) mass is 331 g/mol. The van der Waals surface area contributed by atoms with Crippen molar-refractivity contribution < 1.29 is 14.3 Å². The molecule has 2 aromatic heterocycles. The highest BCUT2D eigenvalue weighted by atomic mass is 32.1. The fourth-order valence-electron chi connectivity index (χ4n) is 2.08. The van der Waals surface area contributed by atoms with Crippen LogP contribution in [0.3, 0.4) is 0 Å². The van der Waals surface area contributed by atoms with Crippen molar-refractivity contribution in [1.29, 1.82) is 0 Å². The summed E-state index contributed by atoms with van der Waals surface area (Å²) in [6, 6.07) is 4.99. The van der Waals surface area contributed by atoms with Crippen LogP contribution >= 0.6 is 11.3 Å². The summed E-state index contributed by atoms with van der Waals surface area (Å²) >= 11 is 1.32. The summed E-state index contributed by atoms with van der Waals surface area (Å²) in [6.07, 6.45) is 2.86. The number of aromatic nitrogens is 2. The van der Waals surface area contributed by atoms with E-state index in [1.807, 2.05) is 0 Å². The summed E-state index contributed by atoms with van der Waals surface area (Å²) in [4.78, 5) is 29.4. The molecular weight excluding hydrogens is 318 g/mol. The summed E-state index contributed by atoms with van der Waals surface area (Å²) in [5.41, 5.74) is -0.0620. The number of nitrogens with one attached hydrogen (secondary N) is 1. The van der Waals surface area contributed by atoms with E-state index >= 15 is 0 Å². The van der Waals surface area contributed by atoms with Gasteiger partial charge in [-0.3, -0.25) is 14.0 Å². The van der Waals surface area contributed by atoms with Crippen LogP contribution in [-0.2, 0) is 0 Å². The van der Waals surface area contributed by atoms with Crippen LogP contribution in [-0.4, -0.2) is 29.5 Å². The minimum atomic E-state index is -0.561. The van der Waals surface area contributed by atoms with Crippen LogP contribution in [0, 0.1) is 0 Å². The smallest absolute Gasteiger partial charge is 0.271 e. The fraction of sp³-hybridized carbons (Fsp3) is 0.133. The van der Waals surface area contributed by atoms with Gasteiger partial charge < -0.3 is 14.8 Å². The molecule has 0 bridgehead atoms. The molecule has 1 amide bonds. The van der Waals surface area contributed by atoms with Crippen molar-refractivity contribution in [2.45, 2.75) is 0 Å². The van der Waals surface area contributed by atoms with E-state index in [4.69, 9.17) is 9.47 Å². The molecule has 1 aromatic carbocycles. The van der Waals surface area contributed by atoms with Gasteiger partial charge in [0, 0.05) is 23.8 Å². The largest absolute Gasteiger partial charge is 0.497 e. The number of carbonyl (C=O) groups excluding carboxylic acids is 1. The van der Waals surface area contributed by atoms with Crippen LogP contribution in [0.15, 0.2) is 40.8 Å². The summed E-state index contributed by atoms with van der Waals surface area (Å²) in [6.45, 7) is 0. The van der Waals surface area contributed by atoms with Crippen molar-refractivity contribution in [3.63, 3.8) is 0 Å². The Hall–Kier alpha value is -2.87. The lowest BCUT2D eigenvalue weighted by Crippen LogP contribution is -2.26. The van der Waals surface area contributed by atoms with Crippen LogP contribution in [0.1, 0.15) is 10.4 Å². The maximum atomic E-state index is 12.4. The predicted molar refractivity (Wildman–Crippen MR) is 86.8 cm³/mol. The zero-order valence-electron chi connectivity index (χ0n) is 12.4. The van der Waals surface area contributed by atoms with Gasteiger partial charge in [0.05, 0.1) is 19.9 Å². The zero-order chi connectivity index (χ0) is 16.4. The Kier molecular flexibility index (Phi) is 3.98. The minimum Gasteiger partial charge on any atom is -0.497 e. The van der Waals surface area contributed by atoms with Gasteiger partial charge >= 0.3 is 0 Å². The number of fused-ring (bicyclic) bond motifs is 1. The molecule has 0 radical (unpaired) electrons. The zero-order valence-corrected chi connectivity index (χ0v) is 13.2. The number of hydrogen-bond acceptors (Lipinski definition) is 6. The van der Waals surface area contributed by atoms with Crippen molar-refractivity contribution in [1.82, 2.24) is 9.38 Å². The molecule has 0 aliphatic carbocycles. The van der Waals surface area contributed by atoms with E-state index < -0.39 is 11.5 Å². The molecule has 0 aliphatic rings. The molecule has 0 saturated heterocycles. The number of ether oxygens (including phenoxy) is 2. The number of rotatable bonds is 4. The summed E-state index contributed by atoms with van der Waals surface area (Å²) in [5, 5.41) is 4.39. The predicted octanol–water partition coefficient (Wildman–Crippen LogP) is 2.03. The van der Waals surface area contributed by atoms with Gasteiger partial charge in [0.25, 0.3) is 11.5 Å². The van der Waals surface area contributed by atoms with Crippen molar-refractivity contribution in [3.05, 3.63) is 51.9 Å². The molecule has 0 unspecified atom stereocenters. The van der Waals surface area contributed by atoms with Gasteiger partial charge in [-0.25, -0.2) is 4.98 Å². The number of methoxy groups -OCH3 is 2. The van der Waals surface area contributed by atoms with Crippen molar-refractivity contribution in [2.75, 3.05) is 19.5 Å². The van der Waals surface area contributed by atoms with E-state index in [-0.39, 0.29) is 5.56 Å². The van der Waals surface area contributed by atoms with Crippen molar-refractivity contribution >= 4 is 27.9 Å². The first-order valence-corrected chi connectivity index (χ1v) is 7.50. The van der Waals surface area contributed by atoms with Gasteiger partial charge in [-0.1, -0.05) is 0 Å². The molecular formula is C15H13N3O4S. The third-order valence-electron chi connectivity index (χ3n) is 3.24. The quantitative estimate of drug-likeness (QED) is 0.791. The standard InChI is InChI=1S/C15H13N3O4S/c1-21-9-3-4-12(22-2)11(7-9)17-13(19)10-8-16-15-18(14(10)20)5-6-23-15/h3-8H,1-2H3,(H,17,19). The lowest BCUT2D eigenvalue weighted by molar-refractivity contribution is 0.102. The Morgan fingerprint density at radius 1 is 1.30 bits per heavy atom. The topological polar surface area (TPSA) is 81.9 Å². The molecule has 0 fully saturated rings. The second kappa shape index (κ2) is 6.09. The average molecular weight is 331 g/mol. The second-order valence-electron chi connectivity index (χ2n) is 4.55. The molecule has 7 nitrogen and oxygen atoms in total. The number of anilines is 1. The fourth-order valence-corrected chi connectivity index (χ4v) is 2.76. The van der Waals surface area contributed by atoms with Gasteiger partial charge in [-0.05, 0) is 12.1 Å². The molecule has 0 aliphatic heterocycles. The van der Waals surface area contributed by atoms with Crippen LogP contribution in [0.4, 0.5) is 5.69 Å². The number of amides is 1. The highest BCUT2D eigenvalue weighted by Crippen LogP contribution is 2.29. The SMILES string of the molecule is COc1ccc(OC)c(NC(=O)c2cnc3sccn3c2=O)c1. The Labute approximate surface area is 135 Å². The van der Waals surface area contributed by atoms with E-state index in [0.29, 0.717) is 22.1 Å². The normalized spacial score (nSPS) is 10.5. The molecule has 0 atom stereocenters. The lowest BCUT2D eigenvalue weighted by Gasteiger charge is -2.11. The lowest BCUT2D eigenvalue weighted by atomic mass is 10.2. The van der Waals surface area contributed by atoms with Gasteiger partial charge in [-0.2, -0.15) is 0 Å². The second-order valence-corrected chi connectivity index (χ2v) is 5.43. The summed E-state index contributed by atoms with van der Waals surface area (Å²) in [5.74, 6) is 0.461. The van der Waals surface area contributed by atoms with E-state index in [2.05, 4.69) is 10.3 Å². The number of thiazole rings is 1. The van der Waals surface area contributed by atoms with Crippen molar-refractivity contribution in [2.24, 2.45) is 0 Å². The van der Waals surface area contributed by atoms with E-state index in [0.717, 1.165) is 0 Å².